The minimum absolute atomic E-state index is 0.782. The van der Waals surface area contributed by atoms with Crippen LogP contribution in [0.4, 0.5) is 26.3 Å². The SMILES string of the molecule is NCC(=O)N(CC(F)(F)F)OC(=O)C(F)(F)F. The summed E-state index contributed by atoms with van der Waals surface area (Å²) in [4.78, 5) is 24.2. The first kappa shape index (κ1) is 15.5. The monoisotopic (exact) mass is 268 g/mol. The Bertz CT molecular complexity index is 299. The van der Waals surface area contributed by atoms with E-state index in [1.54, 1.807) is 0 Å². The van der Waals surface area contributed by atoms with E-state index in [1.807, 2.05) is 0 Å². The highest BCUT2D eigenvalue weighted by Gasteiger charge is 2.45. The Morgan fingerprint density at radius 3 is 1.88 bits per heavy atom. The Morgan fingerprint density at radius 2 is 1.59 bits per heavy atom. The molecule has 0 aliphatic carbocycles. The van der Waals surface area contributed by atoms with Gasteiger partial charge in [0.2, 0.25) is 0 Å². The van der Waals surface area contributed by atoms with Crippen molar-refractivity contribution in [2.75, 3.05) is 13.1 Å². The van der Waals surface area contributed by atoms with Crippen LogP contribution in [0.5, 0.6) is 0 Å². The Labute approximate surface area is 90.0 Å². The van der Waals surface area contributed by atoms with Crippen LogP contribution in [0.15, 0.2) is 0 Å². The third kappa shape index (κ3) is 5.94. The minimum Gasteiger partial charge on any atom is -0.329 e. The molecule has 0 radical (unpaired) electrons. The molecule has 1 amide bonds. The smallest absolute Gasteiger partial charge is 0.329 e. The molecule has 0 saturated carbocycles. The highest BCUT2D eigenvalue weighted by molar-refractivity contribution is 5.81. The molecule has 11 heteroatoms. The number of amides is 1. The lowest BCUT2D eigenvalue weighted by Gasteiger charge is -2.22. The number of carbonyl (C=O) groups excluding carboxylic acids is 2. The van der Waals surface area contributed by atoms with Crippen molar-refractivity contribution in [1.29, 1.82) is 0 Å². The van der Waals surface area contributed by atoms with Gasteiger partial charge in [-0.05, 0) is 0 Å². The normalized spacial score (nSPS) is 12.2. The summed E-state index contributed by atoms with van der Waals surface area (Å²) < 4.78 is 70.6. The van der Waals surface area contributed by atoms with Crippen LogP contribution in [0, 0.1) is 0 Å². The zero-order chi connectivity index (χ0) is 13.9. The summed E-state index contributed by atoms with van der Waals surface area (Å²) in [6.45, 7) is -3.22. The molecule has 0 saturated heterocycles. The molecule has 100 valence electrons. The van der Waals surface area contributed by atoms with E-state index in [2.05, 4.69) is 10.6 Å². The lowest BCUT2D eigenvalue weighted by Crippen LogP contribution is -2.45. The van der Waals surface area contributed by atoms with E-state index in [9.17, 15) is 35.9 Å². The fourth-order valence-electron chi connectivity index (χ4n) is 0.588. The van der Waals surface area contributed by atoms with Crippen molar-refractivity contribution in [2.24, 2.45) is 5.73 Å². The molecule has 0 atom stereocenters. The summed E-state index contributed by atoms with van der Waals surface area (Å²) in [5.74, 6) is -4.55. The van der Waals surface area contributed by atoms with Crippen molar-refractivity contribution >= 4 is 11.9 Å². The number of rotatable bonds is 2. The second kappa shape index (κ2) is 5.21. The van der Waals surface area contributed by atoms with Crippen LogP contribution >= 0.6 is 0 Å². The van der Waals surface area contributed by atoms with E-state index in [0.29, 0.717) is 0 Å². The molecule has 0 rings (SSSR count). The first-order valence-electron chi connectivity index (χ1n) is 3.83. The largest absolute Gasteiger partial charge is 0.493 e. The molecule has 0 spiro atoms. The van der Waals surface area contributed by atoms with Crippen LogP contribution < -0.4 is 5.73 Å². The fourth-order valence-corrected chi connectivity index (χ4v) is 0.588. The molecule has 0 aromatic rings. The number of nitrogens with zero attached hydrogens (tertiary/aromatic N) is 1. The molecule has 0 bridgehead atoms. The molecular weight excluding hydrogens is 262 g/mol. The number of hydroxylamine groups is 2. The van der Waals surface area contributed by atoms with Gasteiger partial charge in [0.15, 0.2) is 6.54 Å². The average molecular weight is 268 g/mol. The Hall–Kier alpha value is -1.52. The Balaban J connectivity index is 4.73. The molecule has 0 aromatic heterocycles. The highest BCUT2D eigenvalue weighted by Crippen LogP contribution is 2.20. The molecule has 0 fully saturated rings. The molecule has 0 unspecified atom stereocenters. The van der Waals surface area contributed by atoms with Crippen LogP contribution in [0.1, 0.15) is 0 Å². The van der Waals surface area contributed by atoms with Gasteiger partial charge in [-0.1, -0.05) is 0 Å². The van der Waals surface area contributed by atoms with Gasteiger partial charge < -0.3 is 10.6 Å². The van der Waals surface area contributed by atoms with Crippen LogP contribution in [0.3, 0.4) is 0 Å². The van der Waals surface area contributed by atoms with E-state index >= 15 is 0 Å². The molecule has 0 aliphatic heterocycles. The van der Waals surface area contributed by atoms with Crippen LogP contribution in [-0.2, 0) is 14.4 Å². The topological polar surface area (TPSA) is 72.6 Å². The summed E-state index contributed by atoms with van der Waals surface area (Å²) in [6.07, 6.45) is -10.5. The summed E-state index contributed by atoms with van der Waals surface area (Å²) in [6, 6.07) is 0. The van der Waals surface area contributed by atoms with Crippen LogP contribution in [0.25, 0.3) is 0 Å². The van der Waals surface area contributed by atoms with E-state index in [4.69, 9.17) is 0 Å². The van der Waals surface area contributed by atoms with Crippen molar-refractivity contribution < 1.29 is 40.8 Å². The molecule has 5 nitrogen and oxygen atoms in total. The predicted molar refractivity (Wildman–Crippen MR) is 39.0 cm³/mol. The minimum atomic E-state index is -5.52. The third-order valence-electron chi connectivity index (χ3n) is 1.20. The van der Waals surface area contributed by atoms with Crippen LogP contribution in [0.2, 0.25) is 0 Å². The summed E-state index contributed by atoms with van der Waals surface area (Å²) in [5, 5.41) is -0.782. The Morgan fingerprint density at radius 1 is 1.12 bits per heavy atom. The summed E-state index contributed by atoms with van der Waals surface area (Å²) >= 11 is 0. The predicted octanol–water partition coefficient (Wildman–Crippen LogP) is 0.356. The average Bonchev–Trinajstić information content (AvgIpc) is 2.11. The number of hydrogen-bond acceptors (Lipinski definition) is 4. The molecule has 0 heterocycles. The number of alkyl halides is 6. The van der Waals surface area contributed by atoms with Gasteiger partial charge in [0.25, 0.3) is 5.91 Å². The lowest BCUT2D eigenvalue weighted by molar-refractivity contribution is -0.255. The van der Waals surface area contributed by atoms with Crippen molar-refractivity contribution in [3.63, 3.8) is 0 Å². The maximum atomic E-state index is 11.8. The number of hydrogen-bond donors (Lipinski definition) is 1. The highest BCUT2D eigenvalue weighted by atomic mass is 19.4. The van der Waals surface area contributed by atoms with Crippen molar-refractivity contribution in [3.05, 3.63) is 0 Å². The quantitative estimate of drug-likeness (QED) is 0.579. The van der Waals surface area contributed by atoms with E-state index in [1.165, 1.54) is 0 Å². The fraction of sp³-hybridized carbons (Fsp3) is 0.667. The first-order chi connectivity index (χ1) is 7.47. The summed E-state index contributed by atoms with van der Waals surface area (Å²) in [7, 11) is 0. The van der Waals surface area contributed by atoms with Crippen LogP contribution in [-0.4, -0.2) is 42.4 Å². The third-order valence-corrected chi connectivity index (χ3v) is 1.20. The van der Waals surface area contributed by atoms with Gasteiger partial charge in [-0.25, -0.2) is 4.79 Å². The number of halogens is 6. The zero-order valence-electron chi connectivity index (χ0n) is 7.93. The number of nitrogens with two attached hydrogens (primary N) is 1. The van der Waals surface area contributed by atoms with Gasteiger partial charge in [-0.15, -0.1) is 0 Å². The van der Waals surface area contributed by atoms with E-state index < -0.39 is 42.4 Å². The van der Waals surface area contributed by atoms with Crippen molar-refractivity contribution in [3.8, 4) is 0 Å². The van der Waals surface area contributed by atoms with Gasteiger partial charge in [0.1, 0.15) is 0 Å². The second-order valence-corrected chi connectivity index (χ2v) is 2.63. The number of carbonyl (C=O) groups is 2. The van der Waals surface area contributed by atoms with Gasteiger partial charge in [0.05, 0.1) is 6.54 Å². The molecule has 17 heavy (non-hydrogen) atoms. The van der Waals surface area contributed by atoms with Gasteiger partial charge in [-0.2, -0.15) is 31.4 Å². The first-order valence-corrected chi connectivity index (χ1v) is 3.83. The maximum Gasteiger partial charge on any atom is 0.493 e. The Kier molecular flexibility index (Phi) is 4.74. The lowest BCUT2D eigenvalue weighted by atomic mass is 10.5. The van der Waals surface area contributed by atoms with Gasteiger partial charge in [0, 0.05) is 0 Å². The molecular formula is C6H6F6N2O3. The van der Waals surface area contributed by atoms with Gasteiger partial charge in [-0.3, -0.25) is 4.79 Å². The van der Waals surface area contributed by atoms with Crippen molar-refractivity contribution in [1.82, 2.24) is 5.06 Å². The molecule has 0 aromatic carbocycles. The maximum absolute atomic E-state index is 11.8. The zero-order valence-corrected chi connectivity index (χ0v) is 7.93. The van der Waals surface area contributed by atoms with Crippen molar-refractivity contribution in [2.45, 2.75) is 12.4 Å². The standard InChI is InChI=1S/C6H6F6N2O3/c7-5(8,9)2-14(3(15)1-13)17-4(16)6(10,11)12/h1-2,13H2. The molecule has 2 N–H and O–H groups in total. The molecule has 0 aliphatic rings. The summed E-state index contributed by atoms with van der Waals surface area (Å²) in [5.41, 5.74) is 4.65. The van der Waals surface area contributed by atoms with E-state index in [0.717, 1.165) is 0 Å². The van der Waals surface area contributed by atoms with E-state index in [-0.39, 0.29) is 0 Å². The van der Waals surface area contributed by atoms with Gasteiger partial charge >= 0.3 is 18.3 Å². The second-order valence-electron chi connectivity index (χ2n) is 2.63.